The third-order valence-electron chi connectivity index (χ3n) is 14.7. The van der Waals surface area contributed by atoms with Gasteiger partial charge in [0.2, 0.25) is 0 Å². The van der Waals surface area contributed by atoms with Gasteiger partial charge in [0, 0.05) is 28.0 Å². The van der Waals surface area contributed by atoms with Crippen molar-refractivity contribution in [3.63, 3.8) is 0 Å². The molecule has 0 N–H and O–H groups in total. The fraction of sp³-hybridized carbons (Fsp3) is 0.0152. The van der Waals surface area contributed by atoms with Gasteiger partial charge in [-0.25, -0.2) is 4.98 Å². The largest absolute Gasteiger partial charge is 0.310 e. The molecule has 0 saturated carbocycles. The van der Waals surface area contributed by atoms with Crippen LogP contribution in [0.1, 0.15) is 22.3 Å². The molecule has 2 nitrogen and oxygen atoms in total. The monoisotopic (exact) mass is 862 g/mol. The van der Waals surface area contributed by atoms with Crippen LogP contribution in [-0.4, -0.2) is 4.98 Å². The van der Waals surface area contributed by atoms with Crippen molar-refractivity contribution in [1.82, 2.24) is 4.98 Å². The lowest BCUT2D eigenvalue weighted by Crippen LogP contribution is -2.26. The van der Waals surface area contributed by atoms with E-state index in [9.17, 15) is 0 Å². The smallest absolute Gasteiger partial charge is 0.0726 e. The van der Waals surface area contributed by atoms with E-state index in [1.54, 1.807) is 0 Å². The summed E-state index contributed by atoms with van der Waals surface area (Å²) in [4.78, 5) is 7.71. The summed E-state index contributed by atoms with van der Waals surface area (Å²) in [6.07, 6.45) is 0. The van der Waals surface area contributed by atoms with E-state index in [0.29, 0.717) is 0 Å². The molecular formula is C66H42N2. The highest BCUT2D eigenvalue weighted by molar-refractivity contribution is 6.00. The van der Waals surface area contributed by atoms with E-state index in [0.717, 1.165) is 44.8 Å². The van der Waals surface area contributed by atoms with Crippen molar-refractivity contribution in [3.05, 3.63) is 277 Å². The lowest BCUT2D eigenvalue weighted by atomic mass is 9.70. The van der Waals surface area contributed by atoms with E-state index >= 15 is 0 Å². The predicted molar refractivity (Wildman–Crippen MR) is 284 cm³/mol. The zero-order valence-corrected chi connectivity index (χ0v) is 37.1. The lowest BCUT2D eigenvalue weighted by Gasteiger charge is -2.32. The molecule has 1 spiro atoms. The predicted octanol–water partition coefficient (Wildman–Crippen LogP) is 17.4. The summed E-state index contributed by atoms with van der Waals surface area (Å²) < 4.78 is 0. The maximum Gasteiger partial charge on any atom is 0.0726 e. The molecule has 2 aliphatic carbocycles. The molecule has 0 radical (unpaired) electrons. The minimum atomic E-state index is -0.441. The van der Waals surface area contributed by atoms with E-state index in [1.807, 2.05) is 0 Å². The first-order valence-corrected chi connectivity index (χ1v) is 23.5. The molecule has 12 aromatic rings. The Hall–Kier alpha value is -8.85. The van der Waals surface area contributed by atoms with Crippen molar-refractivity contribution in [1.29, 1.82) is 0 Å². The Balaban J connectivity index is 0.900. The molecular weight excluding hydrogens is 821 g/mol. The van der Waals surface area contributed by atoms with Gasteiger partial charge in [0.25, 0.3) is 0 Å². The van der Waals surface area contributed by atoms with Gasteiger partial charge >= 0.3 is 0 Å². The summed E-state index contributed by atoms with van der Waals surface area (Å²) in [5.41, 5.74) is 21.1. The highest BCUT2D eigenvalue weighted by atomic mass is 15.1. The number of aromatic nitrogens is 1. The average molecular weight is 863 g/mol. The Morgan fingerprint density at radius 1 is 0.279 bits per heavy atom. The Morgan fingerprint density at radius 3 is 1.47 bits per heavy atom. The Kier molecular flexibility index (Phi) is 8.53. The SMILES string of the molecule is c1ccc2c(c1)-c1ccccc1C21c2ccccc2-c2ccc(N(c3ccc(-c4cc(-c5ccc(-c6cccc7ccccc67)cc5)c5ccccc5n4)cc3)c3ccc4ccccc4c3)cc21. The van der Waals surface area contributed by atoms with Gasteiger partial charge in [-0.05, 0) is 137 Å². The summed E-state index contributed by atoms with van der Waals surface area (Å²) in [7, 11) is 0. The average Bonchev–Trinajstić information content (AvgIpc) is 3.88. The zero-order valence-electron chi connectivity index (χ0n) is 37.1. The Bertz CT molecular complexity index is 3910. The molecule has 1 heterocycles. The fourth-order valence-corrected chi connectivity index (χ4v) is 11.6. The number of anilines is 3. The van der Waals surface area contributed by atoms with Crippen LogP contribution < -0.4 is 4.90 Å². The third-order valence-corrected chi connectivity index (χ3v) is 14.7. The lowest BCUT2D eigenvalue weighted by molar-refractivity contribution is 0.793. The molecule has 0 unspecified atom stereocenters. The highest BCUT2D eigenvalue weighted by Gasteiger charge is 2.51. The van der Waals surface area contributed by atoms with Gasteiger partial charge < -0.3 is 4.90 Å². The summed E-state index contributed by atoms with van der Waals surface area (Å²) in [5.74, 6) is 0. The Labute approximate surface area is 395 Å². The van der Waals surface area contributed by atoms with Crippen LogP contribution in [0.15, 0.2) is 255 Å². The van der Waals surface area contributed by atoms with Crippen molar-refractivity contribution in [2.24, 2.45) is 0 Å². The number of rotatable bonds is 6. The highest BCUT2D eigenvalue weighted by Crippen LogP contribution is 2.63. The third kappa shape index (κ3) is 5.74. The molecule has 0 aliphatic heterocycles. The van der Waals surface area contributed by atoms with Gasteiger partial charge in [-0.2, -0.15) is 0 Å². The van der Waals surface area contributed by atoms with Crippen LogP contribution >= 0.6 is 0 Å². The van der Waals surface area contributed by atoms with Crippen LogP contribution in [0, 0.1) is 0 Å². The first-order valence-electron chi connectivity index (χ1n) is 23.5. The molecule has 2 heteroatoms. The van der Waals surface area contributed by atoms with Gasteiger partial charge in [0.1, 0.15) is 0 Å². The maximum atomic E-state index is 5.28. The number of hydrogen-bond acceptors (Lipinski definition) is 2. The second-order valence-electron chi connectivity index (χ2n) is 18.2. The molecule has 316 valence electrons. The van der Waals surface area contributed by atoms with Gasteiger partial charge in [-0.3, -0.25) is 0 Å². The van der Waals surface area contributed by atoms with Crippen LogP contribution in [0.5, 0.6) is 0 Å². The Morgan fingerprint density at radius 2 is 0.765 bits per heavy atom. The van der Waals surface area contributed by atoms with Crippen molar-refractivity contribution < 1.29 is 0 Å². The maximum absolute atomic E-state index is 5.28. The minimum absolute atomic E-state index is 0.441. The number of fused-ring (bicyclic) bond motifs is 13. The minimum Gasteiger partial charge on any atom is -0.310 e. The van der Waals surface area contributed by atoms with Crippen molar-refractivity contribution in [2.75, 3.05) is 4.90 Å². The molecule has 0 atom stereocenters. The van der Waals surface area contributed by atoms with E-state index in [-0.39, 0.29) is 0 Å². The summed E-state index contributed by atoms with van der Waals surface area (Å²) in [6.45, 7) is 0. The van der Waals surface area contributed by atoms with Crippen LogP contribution in [0.25, 0.3) is 88.2 Å². The number of pyridine rings is 1. The standard InChI is InChI=1S/C66H42N2/c1-2-16-48-40-50(37-32-43(48)14-1)68(51-38-39-57-56-21-7-11-26-62(56)66(63(57)41-51)60-24-9-5-19-54(60)55-20-6-10-25-61(55)66)49-35-33-47(34-36-49)65-42-59(58-22-8-12-27-64(58)67-65)46-30-28-45(29-31-46)53-23-13-17-44-15-3-4-18-52(44)53/h1-42H. The molecule has 2 aliphatic rings. The molecule has 14 rings (SSSR count). The summed E-state index contributed by atoms with van der Waals surface area (Å²) in [6, 6.07) is 93.7. The van der Waals surface area contributed by atoms with E-state index in [4.69, 9.17) is 4.98 Å². The van der Waals surface area contributed by atoms with E-state index in [1.165, 1.54) is 82.7 Å². The van der Waals surface area contributed by atoms with E-state index in [2.05, 4.69) is 260 Å². The zero-order chi connectivity index (χ0) is 44.8. The molecule has 0 amide bonds. The van der Waals surface area contributed by atoms with Gasteiger partial charge in [0.05, 0.1) is 16.6 Å². The molecule has 11 aromatic carbocycles. The van der Waals surface area contributed by atoms with Gasteiger partial charge in [0.15, 0.2) is 0 Å². The van der Waals surface area contributed by atoms with Crippen molar-refractivity contribution in [2.45, 2.75) is 5.41 Å². The molecule has 1 aromatic heterocycles. The van der Waals surface area contributed by atoms with Gasteiger partial charge in [-0.1, -0.05) is 206 Å². The molecule has 68 heavy (non-hydrogen) atoms. The van der Waals surface area contributed by atoms with Crippen LogP contribution in [0.3, 0.4) is 0 Å². The van der Waals surface area contributed by atoms with Crippen molar-refractivity contribution in [3.8, 4) is 55.8 Å². The summed E-state index contributed by atoms with van der Waals surface area (Å²) in [5, 5.41) is 6.07. The number of nitrogens with zero attached hydrogens (tertiary/aromatic N) is 2. The number of benzene rings is 11. The topological polar surface area (TPSA) is 16.1 Å². The second kappa shape index (κ2) is 15.1. The quantitative estimate of drug-likeness (QED) is 0.166. The summed E-state index contributed by atoms with van der Waals surface area (Å²) >= 11 is 0. The van der Waals surface area contributed by atoms with Crippen LogP contribution in [0.2, 0.25) is 0 Å². The normalized spacial score (nSPS) is 12.8. The first kappa shape index (κ1) is 38.4. The number of para-hydroxylation sites is 1. The van der Waals surface area contributed by atoms with E-state index < -0.39 is 5.41 Å². The first-order chi connectivity index (χ1) is 33.7. The molecule has 0 bridgehead atoms. The molecule has 0 fully saturated rings. The number of hydrogen-bond donors (Lipinski definition) is 0. The second-order valence-corrected chi connectivity index (χ2v) is 18.2. The fourth-order valence-electron chi connectivity index (χ4n) is 11.6. The van der Waals surface area contributed by atoms with Crippen molar-refractivity contribution >= 4 is 49.5 Å². The molecule has 0 saturated heterocycles. The van der Waals surface area contributed by atoms with Gasteiger partial charge in [-0.15, -0.1) is 0 Å². The van der Waals surface area contributed by atoms with Crippen LogP contribution in [0.4, 0.5) is 17.1 Å². The van der Waals surface area contributed by atoms with Crippen LogP contribution in [-0.2, 0) is 5.41 Å².